The Morgan fingerprint density at radius 2 is 1.92 bits per heavy atom. The summed E-state index contributed by atoms with van der Waals surface area (Å²) in [4.78, 5) is 20.9. The van der Waals surface area contributed by atoms with Crippen molar-refractivity contribution in [2.24, 2.45) is 0 Å². The molecule has 5 heteroatoms. The number of nitrogens with zero attached hydrogens (tertiary/aromatic N) is 1. The van der Waals surface area contributed by atoms with E-state index in [0.29, 0.717) is 18.8 Å². The zero-order valence-corrected chi connectivity index (χ0v) is 14.2. The molecular formula is C19H24NO4+. The highest BCUT2D eigenvalue weighted by Gasteiger charge is 2.10. The van der Waals surface area contributed by atoms with Gasteiger partial charge in [-0.3, -0.25) is 4.89 Å². The lowest BCUT2D eigenvalue weighted by Crippen LogP contribution is -2.33. The monoisotopic (exact) mass is 330 g/mol. The highest BCUT2D eigenvalue weighted by molar-refractivity contribution is 5.88. The van der Waals surface area contributed by atoms with E-state index in [9.17, 15) is 4.79 Å². The van der Waals surface area contributed by atoms with Crippen LogP contribution >= 0.6 is 0 Å². The van der Waals surface area contributed by atoms with Crippen molar-refractivity contribution < 1.29 is 23.9 Å². The minimum Gasteiger partial charge on any atom is -0.494 e. The average molecular weight is 330 g/mol. The van der Waals surface area contributed by atoms with Gasteiger partial charge in [0.1, 0.15) is 12.3 Å². The topological polar surface area (TPSA) is 48.6 Å². The molecule has 0 aliphatic carbocycles. The fourth-order valence-electron chi connectivity index (χ4n) is 2.19. The molecule has 0 unspecified atom stereocenters. The largest absolute Gasteiger partial charge is 0.494 e. The van der Waals surface area contributed by atoms with Gasteiger partial charge in [-0.25, -0.2) is 9.36 Å². The molecular weight excluding hydrogens is 306 g/mol. The molecule has 24 heavy (non-hydrogen) atoms. The summed E-state index contributed by atoms with van der Waals surface area (Å²) >= 11 is 0. The molecule has 0 aliphatic heterocycles. The number of aryl methyl sites for hydroxylation is 2. The van der Waals surface area contributed by atoms with Crippen LogP contribution in [0.5, 0.6) is 5.75 Å². The molecule has 0 aliphatic rings. The van der Waals surface area contributed by atoms with Gasteiger partial charge < -0.3 is 4.74 Å². The van der Waals surface area contributed by atoms with Gasteiger partial charge in [-0.2, -0.15) is 4.89 Å². The van der Waals surface area contributed by atoms with Gasteiger partial charge in [0.2, 0.25) is 0 Å². The molecule has 1 aromatic heterocycles. The number of hydrogen-bond donors (Lipinski definition) is 0. The summed E-state index contributed by atoms with van der Waals surface area (Å²) < 4.78 is 7.76. The van der Waals surface area contributed by atoms with Gasteiger partial charge in [-0.05, 0) is 38.0 Å². The lowest BCUT2D eigenvalue weighted by atomic mass is 10.2. The Kier molecular flexibility index (Phi) is 7.23. The maximum atomic E-state index is 11.6. The predicted molar refractivity (Wildman–Crippen MR) is 89.6 cm³/mol. The molecule has 0 saturated carbocycles. The van der Waals surface area contributed by atoms with Crippen LogP contribution in [0, 0.1) is 6.92 Å². The van der Waals surface area contributed by atoms with Crippen molar-refractivity contribution in [3.8, 4) is 5.75 Å². The summed E-state index contributed by atoms with van der Waals surface area (Å²) in [5, 5.41) is 0. The van der Waals surface area contributed by atoms with Crippen molar-refractivity contribution in [1.29, 1.82) is 0 Å². The first-order valence-electron chi connectivity index (χ1n) is 8.21. The van der Waals surface area contributed by atoms with E-state index in [2.05, 4.69) is 22.8 Å². The van der Waals surface area contributed by atoms with Crippen molar-refractivity contribution in [2.45, 2.75) is 33.2 Å². The molecule has 0 amide bonds. The molecule has 0 bridgehead atoms. The molecule has 0 fully saturated rings. The first kappa shape index (κ1) is 17.9. The Balaban J connectivity index is 1.68. The first-order valence-corrected chi connectivity index (χ1v) is 8.21. The van der Waals surface area contributed by atoms with Crippen molar-refractivity contribution in [1.82, 2.24) is 0 Å². The summed E-state index contributed by atoms with van der Waals surface area (Å²) in [6.45, 7) is 5.72. The smallest absolute Gasteiger partial charge is 0.373 e. The van der Waals surface area contributed by atoms with Gasteiger partial charge in [0.05, 0.1) is 18.8 Å². The van der Waals surface area contributed by atoms with E-state index in [0.717, 1.165) is 25.1 Å². The van der Waals surface area contributed by atoms with Crippen molar-refractivity contribution in [3.63, 3.8) is 0 Å². The Labute approximate surface area is 142 Å². The van der Waals surface area contributed by atoms with Crippen LogP contribution in [0.1, 0.15) is 35.7 Å². The van der Waals surface area contributed by atoms with Gasteiger partial charge in [0.25, 0.3) is 0 Å². The molecule has 0 radical (unpaired) electrons. The molecule has 1 heterocycles. The summed E-state index contributed by atoms with van der Waals surface area (Å²) in [6.07, 6.45) is 5.70. The third-order valence-corrected chi connectivity index (χ3v) is 3.45. The number of hydrogen-bond acceptors (Lipinski definition) is 4. The lowest BCUT2D eigenvalue weighted by molar-refractivity contribution is -0.697. The third-order valence-electron chi connectivity index (χ3n) is 3.45. The standard InChI is InChI=1S/C19H24NO4/c1-3-23-24-19(21)17-9-12-20(13-10-17)11-4-5-14-22-18-8-6-7-16(2)15-18/h6-10,12-13,15H,3-5,11,14H2,1-2H3/q+1. The highest BCUT2D eigenvalue weighted by Crippen LogP contribution is 2.12. The Bertz CT molecular complexity index is 640. The van der Waals surface area contributed by atoms with Crippen molar-refractivity contribution in [3.05, 3.63) is 59.9 Å². The maximum absolute atomic E-state index is 11.6. The summed E-state index contributed by atoms with van der Waals surface area (Å²) in [7, 11) is 0. The average Bonchev–Trinajstić information content (AvgIpc) is 2.60. The molecule has 0 atom stereocenters. The molecule has 0 saturated heterocycles. The predicted octanol–water partition coefficient (Wildman–Crippen LogP) is 3.25. The second-order valence-corrected chi connectivity index (χ2v) is 5.47. The number of pyridine rings is 1. The molecule has 1 aromatic carbocycles. The number of carbonyl (C=O) groups is 1. The van der Waals surface area contributed by atoms with Crippen LogP contribution in [0.15, 0.2) is 48.8 Å². The molecule has 128 valence electrons. The van der Waals surface area contributed by atoms with E-state index in [-0.39, 0.29) is 0 Å². The second kappa shape index (κ2) is 9.67. The second-order valence-electron chi connectivity index (χ2n) is 5.47. The maximum Gasteiger partial charge on any atom is 0.373 e. The number of rotatable bonds is 9. The zero-order valence-electron chi connectivity index (χ0n) is 14.2. The Hall–Kier alpha value is -2.40. The Morgan fingerprint density at radius 3 is 2.62 bits per heavy atom. The molecule has 2 aromatic rings. The number of unbranched alkanes of at least 4 members (excludes halogenated alkanes) is 1. The fourth-order valence-corrected chi connectivity index (χ4v) is 2.19. The third kappa shape index (κ3) is 6.01. The number of benzene rings is 1. The summed E-state index contributed by atoms with van der Waals surface area (Å²) in [5.41, 5.74) is 1.67. The molecule has 0 spiro atoms. The van der Waals surface area contributed by atoms with E-state index < -0.39 is 5.97 Å². The van der Waals surface area contributed by atoms with Gasteiger partial charge >= 0.3 is 5.97 Å². The van der Waals surface area contributed by atoms with Crippen LogP contribution in [0.3, 0.4) is 0 Å². The van der Waals surface area contributed by atoms with Crippen LogP contribution in [0.2, 0.25) is 0 Å². The van der Waals surface area contributed by atoms with Gasteiger partial charge in [0.15, 0.2) is 12.4 Å². The lowest BCUT2D eigenvalue weighted by Gasteiger charge is -2.06. The van der Waals surface area contributed by atoms with E-state index in [1.807, 2.05) is 35.2 Å². The number of aromatic nitrogens is 1. The van der Waals surface area contributed by atoms with Crippen LogP contribution in [-0.4, -0.2) is 19.2 Å². The minimum atomic E-state index is -0.476. The van der Waals surface area contributed by atoms with Crippen LogP contribution < -0.4 is 9.30 Å². The number of carbonyl (C=O) groups excluding carboxylic acids is 1. The minimum absolute atomic E-state index is 0.337. The van der Waals surface area contributed by atoms with Crippen LogP contribution in [0.4, 0.5) is 0 Å². The first-order chi connectivity index (χ1) is 11.7. The molecule has 0 N–H and O–H groups in total. The fraction of sp³-hybridized carbons (Fsp3) is 0.368. The normalized spacial score (nSPS) is 10.4. The van der Waals surface area contributed by atoms with Crippen LogP contribution in [-0.2, 0) is 16.3 Å². The van der Waals surface area contributed by atoms with E-state index >= 15 is 0 Å². The van der Waals surface area contributed by atoms with Crippen molar-refractivity contribution in [2.75, 3.05) is 13.2 Å². The van der Waals surface area contributed by atoms with E-state index in [1.165, 1.54) is 5.56 Å². The Morgan fingerprint density at radius 1 is 1.12 bits per heavy atom. The van der Waals surface area contributed by atoms with E-state index in [1.54, 1.807) is 19.1 Å². The molecule has 2 rings (SSSR count). The summed E-state index contributed by atoms with van der Waals surface area (Å²) in [5.74, 6) is 0.440. The van der Waals surface area contributed by atoms with E-state index in [4.69, 9.17) is 4.74 Å². The summed E-state index contributed by atoms with van der Waals surface area (Å²) in [6, 6.07) is 11.5. The molecule has 5 nitrogen and oxygen atoms in total. The SMILES string of the molecule is CCOOC(=O)c1cc[n+](CCCCOc2cccc(C)c2)cc1. The van der Waals surface area contributed by atoms with Gasteiger partial charge in [0, 0.05) is 18.6 Å². The zero-order chi connectivity index (χ0) is 17.2. The van der Waals surface area contributed by atoms with Crippen molar-refractivity contribution >= 4 is 5.97 Å². The van der Waals surface area contributed by atoms with Gasteiger partial charge in [-0.1, -0.05) is 12.1 Å². The highest BCUT2D eigenvalue weighted by atomic mass is 17.2. The van der Waals surface area contributed by atoms with Crippen LogP contribution in [0.25, 0.3) is 0 Å². The quantitative estimate of drug-likeness (QED) is 0.306. The van der Waals surface area contributed by atoms with Gasteiger partial charge in [-0.15, -0.1) is 0 Å². The number of ether oxygens (including phenoxy) is 1.